The van der Waals surface area contributed by atoms with Gasteiger partial charge in [0.15, 0.2) is 4.77 Å². The molecule has 1 amide bonds. The van der Waals surface area contributed by atoms with Gasteiger partial charge in [-0.25, -0.2) is 0 Å². The molecular weight excluding hydrogens is 310 g/mol. The average Bonchev–Trinajstić information content (AvgIpc) is 2.82. The van der Waals surface area contributed by atoms with E-state index in [0.717, 1.165) is 11.0 Å². The Bertz CT molecular complexity index is 719. The van der Waals surface area contributed by atoms with E-state index in [2.05, 4.69) is 4.98 Å². The number of nitrogens with one attached hydrogen (secondary N) is 1. The molecule has 2 aromatic rings. The molecule has 0 saturated carbocycles. The summed E-state index contributed by atoms with van der Waals surface area (Å²) in [6.45, 7) is 3.09. The van der Waals surface area contributed by atoms with Gasteiger partial charge in [-0.1, -0.05) is 17.7 Å². The predicted octanol–water partition coefficient (Wildman–Crippen LogP) is 2.60. The van der Waals surface area contributed by atoms with Crippen LogP contribution in [0.1, 0.15) is 6.42 Å². The van der Waals surface area contributed by atoms with Gasteiger partial charge in [0, 0.05) is 26.1 Å². The highest BCUT2D eigenvalue weighted by Gasteiger charge is 2.17. The number of imidazole rings is 1. The van der Waals surface area contributed by atoms with E-state index in [0.29, 0.717) is 49.1 Å². The van der Waals surface area contributed by atoms with E-state index in [-0.39, 0.29) is 5.91 Å². The molecule has 1 saturated heterocycles. The predicted molar refractivity (Wildman–Crippen MR) is 84.1 cm³/mol. The van der Waals surface area contributed by atoms with Crippen LogP contribution in [0.15, 0.2) is 18.2 Å². The van der Waals surface area contributed by atoms with Crippen molar-refractivity contribution < 1.29 is 9.53 Å². The lowest BCUT2D eigenvalue weighted by molar-refractivity contribution is -0.135. The number of amides is 1. The molecule has 7 heteroatoms. The molecule has 0 aliphatic carbocycles. The number of carbonyl (C=O) groups excluding carboxylic acids is 1. The molecule has 0 unspecified atom stereocenters. The molecule has 0 spiro atoms. The van der Waals surface area contributed by atoms with Gasteiger partial charge in [0.05, 0.1) is 29.3 Å². The number of morpholine rings is 1. The third-order valence-electron chi connectivity index (χ3n) is 3.66. The van der Waals surface area contributed by atoms with Crippen molar-refractivity contribution >= 4 is 40.8 Å². The molecule has 21 heavy (non-hydrogen) atoms. The molecule has 5 nitrogen and oxygen atoms in total. The second kappa shape index (κ2) is 6.17. The Hall–Kier alpha value is -1.37. The van der Waals surface area contributed by atoms with Crippen LogP contribution in [0.25, 0.3) is 11.0 Å². The molecular formula is C14H16ClN3O2S. The summed E-state index contributed by atoms with van der Waals surface area (Å²) < 4.78 is 7.74. The Kier molecular flexibility index (Phi) is 4.28. The molecule has 1 aromatic carbocycles. The SMILES string of the molecule is O=C(CCn1c(=S)[nH]c2cccc(Cl)c21)N1CCOCC1. The number of rotatable bonds is 3. The molecule has 112 valence electrons. The van der Waals surface area contributed by atoms with Crippen molar-refractivity contribution in [1.82, 2.24) is 14.5 Å². The minimum absolute atomic E-state index is 0.126. The highest BCUT2D eigenvalue weighted by atomic mass is 35.5. The number of benzene rings is 1. The van der Waals surface area contributed by atoms with Crippen LogP contribution in [-0.2, 0) is 16.1 Å². The van der Waals surface area contributed by atoms with E-state index in [1.54, 1.807) is 0 Å². The van der Waals surface area contributed by atoms with E-state index < -0.39 is 0 Å². The van der Waals surface area contributed by atoms with Gasteiger partial charge in [-0.05, 0) is 24.4 Å². The molecule has 1 aliphatic heterocycles. The van der Waals surface area contributed by atoms with Crippen molar-refractivity contribution in [3.63, 3.8) is 0 Å². The van der Waals surface area contributed by atoms with Gasteiger partial charge in [0.1, 0.15) is 0 Å². The van der Waals surface area contributed by atoms with E-state index in [9.17, 15) is 4.79 Å². The van der Waals surface area contributed by atoms with E-state index in [1.807, 2.05) is 27.7 Å². The second-order valence-corrected chi connectivity index (χ2v) is 5.75. The highest BCUT2D eigenvalue weighted by Crippen LogP contribution is 2.23. The molecule has 1 fully saturated rings. The van der Waals surface area contributed by atoms with Crippen LogP contribution in [-0.4, -0.2) is 46.7 Å². The number of hydrogen-bond donors (Lipinski definition) is 1. The van der Waals surface area contributed by atoms with Crippen LogP contribution in [0.3, 0.4) is 0 Å². The minimum Gasteiger partial charge on any atom is -0.378 e. The number of nitrogens with zero attached hydrogens (tertiary/aromatic N) is 2. The number of aryl methyl sites for hydroxylation is 1. The van der Waals surface area contributed by atoms with Crippen molar-refractivity contribution in [1.29, 1.82) is 0 Å². The van der Waals surface area contributed by atoms with Gasteiger partial charge in [0.25, 0.3) is 0 Å². The van der Waals surface area contributed by atoms with Crippen molar-refractivity contribution in [3.05, 3.63) is 28.0 Å². The fraction of sp³-hybridized carbons (Fsp3) is 0.429. The number of ether oxygens (including phenoxy) is 1. The molecule has 0 bridgehead atoms. The Morgan fingerprint density at radius 1 is 1.38 bits per heavy atom. The summed E-state index contributed by atoms with van der Waals surface area (Å²) >= 11 is 11.6. The monoisotopic (exact) mass is 325 g/mol. The van der Waals surface area contributed by atoms with Gasteiger partial charge < -0.3 is 19.2 Å². The molecule has 1 aromatic heterocycles. The van der Waals surface area contributed by atoms with Crippen LogP contribution in [0.2, 0.25) is 5.02 Å². The minimum atomic E-state index is 0.126. The quantitative estimate of drug-likeness (QED) is 0.883. The molecule has 3 rings (SSSR count). The molecule has 0 radical (unpaired) electrons. The Balaban J connectivity index is 1.77. The maximum absolute atomic E-state index is 12.2. The molecule has 1 N–H and O–H groups in total. The van der Waals surface area contributed by atoms with Crippen LogP contribution in [0, 0.1) is 4.77 Å². The van der Waals surface area contributed by atoms with Gasteiger partial charge in [-0.15, -0.1) is 0 Å². The standard InChI is InChI=1S/C14H16ClN3O2S/c15-10-2-1-3-11-13(10)18(14(21)16-11)5-4-12(19)17-6-8-20-9-7-17/h1-3H,4-9H2,(H,16,21). The molecule has 1 aliphatic rings. The fourth-order valence-electron chi connectivity index (χ4n) is 2.57. The number of halogens is 1. The topological polar surface area (TPSA) is 50.3 Å². The first-order valence-corrected chi connectivity index (χ1v) is 7.68. The normalized spacial score (nSPS) is 15.6. The fourth-order valence-corrected chi connectivity index (χ4v) is 3.14. The summed E-state index contributed by atoms with van der Waals surface area (Å²) in [5.74, 6) is 0.126. The zero-order valence-electron chi connectivity index (χ0n) is 11.5. The highest BCUT2D eigenvalue weighted by molar-refractivity contribution is 7.71. The number of H-pyrrole nitrogens is 1. The zero-order valence-corrected chi connectivity index (χ0v) is 13.0. The summed E-state index contributed by atoms with van der Waals surface area (Å²) in [4.78, 5) is 17.2. The Morgan fingerprint density at radius 2 is 2.14 bits per heavy atom. The summed E-state index contributed by atoms with van der Waals surface area (Å²) in [5, 5.41) is 0.638. The van der Waals surface area contributed by atoms with Crippen LogP contribution in [0.4, 0.5) is 0 Å². The second-order valence-electron chi connectivity index (χ2n) is 4.96. The summed E-state index contributed by atoms with van der Waals surface area (Å²) in [6, 6.07) is 5.63. The summed E-state index contributed by atoms with van der Waals surface area (Å²) in [5.41, 5.74) is 1.75. The first-order chi connectivity index (χ1) is 10.2. The van der Waals surface area contributed by atoms with Gasteiger partial charge in [-0.2, -0.15) is 0 Å². The number of para-hydroxylation sites is 1. The lowest BCUT2D eigenvalue weighted by Gasteiger charge is -2.26. The first kappa shape index (κ1) is 14.6. The lowest BCUT2D eigenvalue weighted by Crippen LogP contribution is -2.40. The maximum atomic E-state index is 12.2. The largest absolute Gasteiger partial charge is 0.378 e. The van der Waals surface area contributed by atoms with Crippen molar-refractivity contribution in [2.75, 3.05) is 26.3 Å². The van der Waals surface area contributed by atoms with Gasteiger partial charge in [-0.3, -0.25) is 4.79 Å². The third-order valence-corrected chi connectivity index (χ3v) is 4.28. The third kappa shape index (κ3) is 2.97. The van der Waals surface area contributed by atoms with Crippen LogP contribution < -0.4 is 0 Å². The van der Waals surface area contributed by atoms with Crippen molar-refractivity contribution in [2.45, 2.75) is 13.0 Å². The smallest absolute Gasteiger partial charge is 0.224 e. The van der Waals surface area contributed by atoms with E-state index in [4.69, 9.17) is 28.6 Å². The van der Waals surface area contributed by atoms with Gasteiger partial charge >= 0.3 is 0 Å². The van der Waals surface area contributed by atoms with Crippen LogP contribution >= 0.6 is 23.8 Å². The number of hydrogen-bond acceptors (Lipinski definition) is 3. The van der Waals surface area contributed by atoms with E-state index in [1.165, 1.54) is 0 Å². The Labute approximate surface area is 132 Å². The summed E-state index contributed by atoms with van der Waals surface area (Å²) in [6.07, 6.45) is 0.409. The van der Waals surface area contributed by atoms with Crippen molar-refractivity contribution in [2.24, 2.45) is 0 Å². The molecule has 2 heterocycles. The number of aromatic nitrogens is 2. The zero-order chi connectivity index (χ0) is 14.8. The first-order valence-electron chi connectivity index (χ1n) is 6.89. The maximum Gasteiger partial charge on any atom is 0.224 e. The van der Waals surface area contributed by atoms with Gasteiger partial charge in [0.2, 0.25) is 5.91 Å². The number of aromatic amines is 1. The Morgan fingerprint density at radius 3 is 2.90 bits per heavy atom. The number of carbonyl (C=O) groups is 1. The molecule has 0 atom stereocenters. The lowest BCUT2D eigenvalue weighted by atomic mass is 10.3. The van der Waals surface area contributed by atoms with E-state index >= 15 is 0 Å². The van der Waals surface area contributed by atoms with Crippen LogP contribution in [0.5, 0.6) is 0 Å². The average molecular weight is 326 g/mol. The summed E-state index contributed by atoms with van der Waals surface area (Å²) in [7, 11) is 0. The number of fused-ring (bicyclic) bond motifs is 1. The van der Waals surface area contributed by atoms with Crippen molar-refractivity contribution in [3.8, 4) is 0 Å².